The molecule has 4 aliphatic heterocycles. The first-order valence-electron chi connectivity index (χ1n) is 19.3. The molecular formula is C40H45N3O20. The summed E-state index contributed by atoms with van der Waals surface area (Å²) in [6.07, 6.45) is -14.5. The number of aliphatic hydroxyl groups is 8. The van der Waals surface area contributed by atoms with Crippen molar-refractivity contribution in [1.29, 1.82) is 0 Å². The van der Waals surface area contributed by atoms with Gasteiger partial charge in [-0.3, -0.25) is 4.79 Å². The van der Waals surface area contributed by atoms with Gasteiger partial charge in [-0.05, 0) is 36.3 Å². The van der Waals surface area contributed by atoms with Crippen LogP contribution in [0.4, 0.5) is 0 Å². The molecule has 63 heavy (non-hydrogen) atoms. The summed E-state index contributed by atoms with van der Waals surface area (Å²) >= 11 is 0. The van der Waals surface area contributed by atoms with Gasteiger partial charge in [0.05, 0.1) is 11.9 Å². The number of dihydropyridines is 1. The Kier molecular flexibility index (Phi) is 12.2. The van der Waals surface area contributed by atoms with Gasteiger partial charge in [-0.1, -0.05) is 6.08 Å². The molecule has 1 aromatic heterocycles. The van der Waals surface area contributed by atoms with Crippen LogP contribution in [-0.4, -0.2) is 160 Å². The lowest BCUT2D eigenvalue weighted by Gasteiger charge is -2.48. The second-order valence-corrected chi connectivity index (χ2v) is 15.2. The Hall–Kier alpha value is -5.83. The fourth-order valence-corrected chi connectivity index (χ4v) is 8.08. The Balaban J connectivity index is 1.37. The van der Waals surface area contributed by atoms with Crippen LogP contribution in [0.15, 0.2) is 69.2 Å². The Morgan fingerprint density at radius 3 is 2.27 bits per heavy atom. The summed E-state index contributed by atoms with van der Waals surface area (Å²) in [5.74, 6) is -10.0. The monoisotopic (exact) mass is 887 g/mol. The van der Waals surface area contributed by atoms with Crippen molar-refractivity contribution in [2.45, 2.75) is 85.3 Å². The van der Waals surface area contributed by atoms with E-state index in [9.17, 15) is 75.7 Å². The number of likely N-dealkylation sites (N-methyl/N-ethyl adjacent to an activating group) is 1. The number of rotatable bonds is 10. The second kappa shape index (κ2) is 17.0. The van der Waals surface area contributed by atoms with Crippen molar-refractivity contribution in [1.82, 2.24) is 10.6 Å². The summed E-state index contributed by atoms with van der Waals surface area (Å²) < 4.78 is 29.0. The zero-order valence-corrected chi connectivity index (χ0v) is 32.9. The van der Waals surface area contributed by atoms with E-state index in [1.54, 1.807) is 12.2 Å². The molecule has 12 unspecified atom stereocenters. The summed E-state index contributed by atoms with van der Waals surface area (Å²) in [7, 11) is 1.32. The average molecular weight is 888 g/mol. The zero-order chi connectivity index (χ0) is 45.9. The standard InChI is InChI=1S/C40H45N3O20/c1-42-23-10-17(15-2-3-24(41)43-13-15)25-22(12-21-26(28(25)49)18(46)11-20(59-21)16-8-14(4-6-44)27(48)19(47)9-16)61-40(23)35(55)30(51)29(50)33(62-40)36(56)60-37-32(53)31(52)34(54)39(63-37,5-7-45)38(57)58/h2-3,8-13,17,24,29-35,37,42-45,47-55H,4-7,41H2,1H3,(H,57,58). The summed E-state index contributed by atoms with van der Waals surface area (Å²) in [4.78, 5) is 40.1. The lowest BCUT2D eigenvalue weighted by molar-refractivity contribution is -0.337. The van der Waals surface area contributed by atoms with E-state index in [2.05, 4.69) is 10.6 Å². The summed E-state index contributed by atoms with van der Waals surface area (Å²) in [6.45, 7) is -1.33. The molecule has 1 spiro atoms. The molecule has 3 aromatic rings. The van der Waals surface area contributed by atoms with Crippen molar-refractivity contribution in [2.75, 3.05) is 20.3 Å². The lowest BCUT2D eigenvalue weighted by atomic mass is 9.84. The van der Waals surface area contributed by atoms with Crippen LogP contribution >= 0.6 is 0 Å². The molecule has 16 N–H and O–H groups in total. The van der Waals surface area contributed by atoms with Gasteiger partial charge in [-0.25, -0.2) is 9.59 Å². The summed E-state index contributed by atoms with van der Waals surface area (Å²) in [5, 5.41) is 133. The predicted molar refractivity (Wildman–Crippen MR) is 209 cm³/mol. The molecule has 0 saturated carbocycles. The highest BCUT2D eigenvalue weighted by atomic mass is 16.8. The number of aromatic hydroxyl groups is 3. The van der Waals surface area contributed by atoms with Crippen molar-refractivity contribution >= 4 is 22.9 Å². The van der Waals surface area contributed by atoms with Gasteiger partial charge in [0.15, 0.2) is 34.7 Å². The molecule has 0 aliphatic carbocycles. The molecule has 0 radical (unpaired) electrons. The van der Waals surface area contributed by atoms with Gasteiger partial charge in [-0.15, -0.1) is 0 Å². The lowest BCUT2D eigenvalue weighted by Crippen LogP contribution is -2.71. The summed E-state index contributed by atoms with van der Waals surface area (Å²) in [6, 6.07) is 4.55. The van der Waals surface area contributed by atoms with Crippen LogP contribution in [0.5, 0.6) is 23.0 Å². The van der Waals surface area contributed by atoms with E-state index < -0.39 is 132 Å². The number of ether oxygens (including phenoxy) is 4. The Labute approximate surface area is 354 Å². The number of aliphatic carboxylic acids is 1. The Bertz CT molecular complexity index is 2450. The van der Waals surface area contributed by atoms with E-state index >= 15 is 0 Å². The summed E-state index contributed by atoms with van der Waals surface area (Å²) in [5.41, 5.74) is 2.08. The number of phenolic OH excluding ortho intramolecular Hbond substituents is 3. The van der Waals surface area contributed by atoms with Crippen LogP contribution in [0.1, 0.15) is 23.5 Å². The first kappa shape index (κ1) is 45.2. The topological polar surface area (TPSA) is 394 Å². The van der Waals surface area contributed by atoms with E-state index in [1.807, 2.05) is 0 Å². The number of carboxylic acid groups (broad SMARTS) is 1. The Morgan fingerprint density at radius 1 is 0.921 bits per heavy atom. The van der Waals surface area contributed by atoms with Gasteiger partial charge >= 0.3 is 11.9 Å². The number of phenols is 3. The van der Waals surface area contributed by atoms with E-state index in [0.29, 0.717) is 5.57 Å². The molecule has 2 fully saturated rings. The Morgan fingerprint density at radius 2 is 1.63 bits per heavy atom. The third kappa shape index (κ3) is 7.51. The minimum atomic E-state index is -2.82. The third-order valence-electron chi connectivity index (χ3n) is 11.4. The van der Waals surface area contributed by atoms with Crippen LogP contribution in [0, 0.1) is 0 Å². The fraction of sp³-hybridized carbons (Fsp3) is 0.425. The van der Waals surface area contributed by atoms with Crippen molar-refractivity contribution in [3.05, 3.63) is 81.3 Å². The maximum atomic E-state index is 13.9. The van der Waals surface area contributed by atoms with Crippen LogP contribution in [0.2, 0.25) is 0 Å². The van der Waals surface area contributed by atoms with Gasteiger partial charge in [-0.2, -0.15) is 0 Å². The number of carbonyl (C=O) groups is 2. The highest BCUT2D eigenvalue weighted by Gasteiger charge is 2.63. The van der Waals surface area contributed by atoms with Crippen LogP contribution in [0.3, 0.4) is 0 Å². The number of nitrogens with one attached hydrogen (secondary N) is 2. The normalized spacial score (nSPS) is 32.7. The number of hydrogen-bond acceptors (Lipinski definition) is 22. The number of carboxylic acids is 1. The number of carbonyl (C=O) groups excluding carboxylic acids is 1. The van der Waals surface area contributed by atoms with Gasteiger partial charge < -0.3 is 101 Å². The van der Waals surface area contributed by atoms with Crippen molar-refractivity contribution < 1.29 is 94.2 Å². The molecule has 23 nitrogen and oxygen atoms in total. The van der Waals surface area contributed by atoms with Crippen molar-refractivity contribution in [3.8, 4) is 34.3 Å². The number of aliphatic hydroxyl groups excluding tert-OH is 8. The number of esters is 1. The zero-order valence-electron chi connectivity index (χ0n) is 32.9. The minimum Gasteiger partial charge on any atom is -0.507 e. The van der Waals surface area contributed by atoms with Crippen LogP contribution < -0.4 is 26.5 Å². The highest BCUT2D eigenvalue weighted by Crippen LogP contribution is 2.51. The highest BCUT2D eigenvalue weighted by molar-refractivity contribution is 5.89. The molecule has 5 heterocycles. The van der Waals surface area contributed by atoms with E-state index in [1.165, 1.54) is 25.4 Å². The maximum absolute atomic E-state index is 13.9. The molecule has 4 aliphatic rings. The molecule has 340 valence electrons. The molecule has 0 bridgehead atoms. The van der Waals surface area contributed by atoms with Gasteiger partial charge in [0.25, 0.3) is 5.79 Å². The predicted octanol–water partition coefficient (Wildman–Crippen LogP) is -3.62. The number of benzene rings is 2. The number of fused-ring (bicyclic) bond motifs is 2. The first-order chi connectivity index (χ1) is 29.8. The molecule has 23 heteroatoms. The number of hydrogen-bond donors (Lipinski definition) is 15. The first-order valence-corrected chi connectivity index (χ1v) is 19.3. The maximum Gasteiger partial charge on any atom is 0.340 e. The van der Waals surface area contributed by atoms with Gasteiger partial charge in [0.1, 0.15) is 58.7 Å². The van der Waals surface area contributed by atoms with E-state index in [4.69, 9.17) is 29.1 Å². The molecule has 2 aromatic carbocycles. The van der Waals surface area contributed by atoms with Crippen molar-refractivity contribution in [2.24, 2.45) is 5.73 Å². The van der Waals surface area contributed by atoms with Crippen LogP contribution in [-0.2, 0) is 30.2 Å². The minimum absolute atomic E-state index is 0.0621. The molecular weight excluding hydrogens is 842 g/mol. The third-order valence-corrected chi connectivity index (χ3v) is 11.4. The molecule has 12 atom stereocenters. The second-order valence-electron chi connectivity index (χ2n) is 15.2. The number of allylic oxidation sites excluding steroid dienone is 3. The average Bonchev–Trinajstić information content (AvgIpc) is 3.38. The quantitative estimate of drug-likeness (QED) is 0.0690. The fourth-order valence-electron chi connectivity index (χ4n) is 8.08. The molecule has 2 saturated heterocycles. The SMILES string of the molecule is CNC1=CC(C2=CNC(N)C=C2)c2c(cc3oc(-c4cc(O)c(O)c(CCO)c4)cc(=O)c3c2O)OC12OC(C(=O)OC1OC(CCO)(C(=O)O)C(O)C(O)C1O)C(O)C(O)C2O. The number of nitrogens with two attached hydrogens (primary N) is 1. The van der Waals surface area contributed by atoms with Gasteiger partial charge in [0, 0.05) is 67.6 Å². The van der Waals surface area contributed by atoms with E-state index in [0.717, 1.165) is 18.2 Å². The molecule has 0 amide bonds. The van der Waals surface area contributed by atoms with Crippen molar-refractivity contribution in [3.63, 3.8) is 0 Å². The van der Waals surface area contributed by atoms with E-state index in [-0.39, 0.29) is 45.5 Å². The molecule has 7 rings (SSSR count). The van der Waals surface area contributed by atoms with Gasteiger partial charge in [0.2, 0.25) is 6.29 Å². The largest absolute Gasteiger partial charge is 0.507 e. The van der Waals surface area contributed by atoms with Crippen LogP contribution in [0.25, 0.3) is 22.3 Å². The smallest absolute Gasteiger partial charge is 0.340 e.